The normalized spacial score (nSPS) is 17.2. The second kappa shape index (κ2) is 10.1. The number of nitrogens with one attached hydrogen (secondary N) is 2. The maximum absolute atomic E-state index is 12.6. The summed E-state index contributed by atoms with van der Waals surface area (Å²) >= 11 is 0. The summed E-state index contributed by atoms with van der Waals surface area (Å²) in [7, 11) is 0. The predicted molar refractivity (Wildman–Crippen MR) is 110 cm³/mol. The van der Waals surface area contributed by atoms with E-state index in [0.29, 0.717) is 23.8 Å². The van der Waals surface area contributed by atoms with E-state index in [0.717, 1.165) is 19.5 Å². The van der Waals surface area contributed by atoms with Crippen LogP contribution in [0.25, 0.3) is 0 Å². The fraction of sp³-hybridized carbons (Fsp3) is 0.455. The van der Waals surface area contributed by atoms with Crippen molar-refractivity contribution in [1.82, 2.24) is 10.2 Å². The average Bonchev–Trinajstić information content (AvgIpc) is 3.26. The first-order valence-corrected chi connectivity index (χ1v) is 10.1. The minimum atomic E-state index is -0.337. The Labute approximate surface area is 166 Å². The lowest BCUT2D eigenvalue weighted by molar-refractivity contribution is 0.0911. The predicted octanol–water partition coefficient (Wildman–Crippen LogP) is 3.92. The van der Waals surface area contributed by atoms with Crippen molar-refractivity contribution in [3.8, 4) is 0 Å². The molecule has 1 unspecified atom stereocenters. The van der Waals surface area contributed by atoms with Crippen molar-refractivity contribution in [3.63, 3.8) is 0 Å². The van der Waals surface area contributed by atoms with E-state index in [1.54, 1.807) is 36.4 Å². The summed E-state index contributed by atoms with van der Waals surface area (Å²) in [6.07, 6.45) is 7.42. The standard InChI is InChI=1S/C22H29N3O3/c1-2-3-12-25-13-5-4-10-19(25)16-23-21(26)17-8-6-9-18(15-17)24-22(27)20-11-7-14-28-20/h6-9,11,14-15,19H,2-5,10,12-13,16H2,1H3,(H,23,26)(H,24,27). The van der Waals surface area contributed by atoms with Crippen LogP contribution in [0.5, 0.6) is 0 Å². The van der Waals surface area contributed by atoms with Crippen LogP contribution in [0.1, 0.15) is 59.9 Å². The fourth-order valence-corrected chi connectivity index (χ4v) is 3.60. The summed E-state index contributed by atoms with van der Waals surface area (Å²) in [5, 5.41) is 5.83. The van der Waals surface area contributed by atoms with Crippen LogP contribution in [0.3, 0.4) is 0 Å². The Kier molecular flexibility index (Phi) is 7.25. The molecule has 0 aliphatic carbocycles. The number of rotatable bonds is 8. The lowest BCUT2D eigenvalue weighted by Crippen LogP contribution is -2.47. The molecule has 28 heavy (non-hydrogen) atoms. The van der Waals surface area contributed by atoms with Crippen LogP contribution in [0.15, 0.2) is 47.1 Å². The van der Waals surface area contributed by atoms with Gasteiger partial charge in [-0.1, -0.05) is 25.8 Å². The molecule has 6 nitrogen and oxygen atoms in total. The fourth-order valence-electron chi connectivity index (χ4n) is 3.60. The maximum atomic E-state index is 12.6. The van der Waals surface area contributed by atoms with Crippen molar-refractivity contribution in [2.45, 2.75) is 45.1 Å². The average molecular weight is 383 g/mol. The number of hydrogen-bond acceptors (Lipinski definition) is 4. The SMILES string of the molecule is CCCCN1CCCCC1CNC(=O)c1cccc(NC(=O)c2ccco2)c1. The lowest BCUT2D eigenvalue weighted by atomic mass is 10.0. The van der Waals surface area contributed by atoms with Gasteiger partial charge in [0.05, 0.1) is 6.26 Å². The number of carbonyl (C=O) groups excluding carboxylic acids is 2. The van der Waals surface area contributed by atoms with Crippen molar-refractivity contribution in [1.29, 1.82) is 0 Å². The quantitative estimate of drug-likeness (QED) is 0.725. The van der Waals surface area contributed by atoms with Crippen LogP contribution < -0.4 is 10.6 Å². The number of hydrogen-bond donors (Lipinski definition) is 2. The highest BCUT2D eigenvalue weighted by atomic mass is 16.3. The molecule has 2 N–H and O–H groups in total. The summed E-state index contributed by atoms with van der Waals surface area (Å²) in [5.74, 6) is -0.217. The number of carbonyl (C=O) groups is 2. The molecule has 0 bridgehead atoms. The van der Waals surface area contributed by atoms with Crippen molar-refractivity contribution < 1.29 is 14.0 Å². The van der Waals surface area contributed by atoms with E-state index in [-0.39, 0.29) is 17.6 Å². The minimum Gasteiger partial charge on any atom is -0.459 e. The third-order valence-corrected chi connectivity index (χ3v) is 5.17. The summed E-state index contributed by atoms with van der Waals surface area (Å²) in [6, 6.07) is 10.6. The molecule has 1 aliphatic heterocycles. The Morgan fingerprint density at radius 2 is 2.07 bits per heavy atom. The smallest absolute Gasteiger partial charge is 0.291 e. The highest BCUT2D eigenvalue weighted by molar-refractivity contribution is 6.03. The molecule has 3 rings (SSSR count). The zero-order valence-corrected chi connectivity index (χ0v) is 16.4. The van der Waals surface area contributed by atoms with E-state index in [1.807, 2.05) is 0 Å². The Morgan fingerprint density at radius 1 is 1.18 bits per heavy atom. The Hall–Kier alpha value is -2.60. The number of likely N-dealkylation sites (tertiary alicyclic amines) is 1. The number of anilines is 1. The van der Waals surface area contributed by atoms with E-state index in [2.05, 4.69) is 22.5 Å². The van der Waals surface area contributed by atoms with Crippen molar-refractivity contribution in [2.75, 3.05) is 25.0 Å². The molecule has 2 aromatic rings. The van der Waals surface area contributed by atoms with Crippen molar-refractivity contribution in [2.24, 2.45) is 0 Å². The highest BCUT2D eigenvalue weighted by Crippen LogP contribution is 2.18. The monoisotopic (exact) mass is 383 g/mol. The van der Waals surface area contributed by atoms with E-state index in [4.69, 9.17) is 4.42 Å². The van der Waals surface area contributed by atoms with Gasteiger partial charge in [-0.05, 0) is 62.7 Å². The zero-order chi connectivity index (χ0) is 19.8. The number of benzene rings is 1. The van der Waals surface area contributed by atoms with Crippen LogP contribution in [0.4, 0.5) is 5.69 Å². The van der Waals surface area contributed by atoms with E-state index < -0.39 is 0 Å². The summed E-state index contributed by atoms with van der Waals surface area (Å²) in [5.41, 5.74) is 1.10. The number of amides is 2. The Balaban J connectivity index is 1.56. The summed E-state index contributed by atoms with van der Waals surface area (Å²) in [6.45, 7) is 5.09. The molecule has 0 radical (unpaired) electrons. The largest absolute Gasteiger partial charge is 0.459 e. The second-order valence-corrected chi connectivity index (χ2v) is 7.26. The van der Waals surface area contributed by atoms with Gasteiger partial charge in [-0.3, -0.25) is 14.5 Å². The maximum Gasteiger partial charge on any atom is 0.291 e. The van der Waals surface area contributed by atoms with Gasteiger partial charge in [0.1, 0.15) is 0 Å². The van der Waals surface area contributed by atoms with Crippen LogP contribution in [-0.2, 0) is 0 Å². The molecule has 1 aliphatic rings. The summed E-state index contributed by atoms with van der Waals surface area (Å²) in [4.78, 5) is 27.2. The molecule has 1 saturated heterocycles. The molecule has 1 aromatic heterocycles. The van der Waals surface area contributed by atoms with Gasteiger partial charge in [0.2, 0.25) is 0 Å². The summed E-state index contributed by atoms with van der Waals surface area (Å²) < 4.78 is 5.09. The molecule has 1 fully saturated rings. The molecule has 1 atom stereocenters. The van der Waals surface area contributed by atoms with Gasteiger partial charge in [-0.15, -0.1) is 0 Å². The van der Waals surface area contributed by atoms with Crippen LogP contribution in [-0.4, -0.2) is 42.4 Å². The second-order valence-electron chi connectivity index (χ2n) is 7.26. The highest BCUT2D eigenvalue weighted by Gasteiger charge is 2.22. The molecular weight excluding hydrogens is 354 g/mol. The van der Waals surface area contributed by atoms with Gasteiger partial charge < -0.3 is 15.1 Å². The van der Waals surface area contributed by atoms with Crippen LogP contribution in [0, 0.1) is 0 Å². The van der Waals surface area contributed by atoms with Crippen LogP contribution >= 0.6 is 0 Å². The van der Waals surface area contributed by atoms with Gasteiger partial charge >= 0.3 is 0 Å². The van der Waals surface area contributed by atoms with Gasteiger partial charge in [0.25, 0.3) is 11.8 Å². The number of unbranched alkanes of at least 4 members (excludes halogenated alkanes) is 1. The van der Waals surface area contributed by atoms with Gasteiger partial charge in [0, 0.05) is 23.8 Å². The zero-order valence-electron chi connectivity index (χ0n) is 16.4. The Morgan fingerprint density at radius 3 is 2.86 bits per heavy atom. The number of piperidine rings is 1. The third-order valence-electron chi connectivity index (χ3n) is 5.17. The molecule has 0 saturated carbocycles. The molecule has 150 valence electrons. The molecule has 0 spiro atoms. The molecule has 2 amide bonds. The van der Waals surface area contributed by atoms with Crippen LogP contribution in [0.2, 0.25) is 0 Å². The molecule has 6 heteroatoms. The Bertz CT molecular complexity index is 773. The first-order valence-electron chi connectivity index (χ1n) is 10.1. The number of nitrogens with zero attached hydrogens (tertiary/aromatic N) is 1. The van der Waals surface area contributed by atoms with E-state index >= 15 is 0 Å². The lowest BCUT2D eigenvalue weighted by Gasteiger charge is -2.35. The third kappa shape index (κ3) is 5.45. The first-order chi connectivity index (χ1) is 13.7. The van der Waals surface area contributed by atoms with E-state index in [9.17, 15) is 9.59 Å². The topological polar surface area (TPSA) is 74.6 Å². The first kappa shape index (κ1) is 20.1. The van der Waals surface area contributed by atoms with E-state index in [1.165, 1.54) is 31.9 Å². The molecular formula is C22H29N3O3. The number of furan rings is 1. The minimum absolute atomic E-state index is 0.116. The van der Waals surface area contributed by atoms with Crippen molar-refractivity contribution in [3.05, 3.63) is 54.0 Å². The van der Waals surface area contributed by atoms with Crippen molar-refractivity contribution >= 4 is 17.5 Å². The van der Waals surface area contributed by atoms with Gasteiger partial charge in [-0.2, -0.15) is 0 Å². The molecule has 1 aromatic carbocycles. The van der Waals surface area contributed by atoms with Gasteiger partial charge in [-0.25, -0.2) is 0 Å². The molecule has 2 heterocycles. The van der Waals surface area contributed by atoms with Gasteiger partial charge in [0.15, 0.2) is 5.76 Å².